The van der Waals surface area contributed by atoms with E-state index in [1.165, 1.54) is 10.7 Å². The van der Waals surface area contributed by atoms with Gasteiger partial charge in [-0.25, -0.2) is 24.6 Å². The van der Waals surface area contributed by atoms with Crippen molar-refractivity contribution in [2.24, 2.45) is 5.41 Å². The predicted octanol–water partition coefficient (Wildman–Crippen LogP) is 4.67. The number of aryl methyl sites for hydroxylation is 3. The highest BCUT2D eigenvalue weighted by Crippen LogP contribution is 2.60. The summed E-state index contributed by atoms with van der Waals surface area (Å²) in [5.41, 5.74) is 4.96. The summed E-state index contributed by atoms with van der Waals surface area (Å²) >= 11 is 0. The van der Waals surface area contributed by atoms with Crippen molar-refractivity contribution in [1.29, 1.82) is 0 Å². The highest BCUT2D eigenvalue weighted by molar-refractivity contribution is 5.73. The lowest BCUT2D eigenvalue weighted by molar-refractivity contribution is -0.188. The van der Waals surface area contributed by atoms with Crippen molar-refractivity contribution in [3.05, 3.63) is 57.2 Å². The van der Waals surface area contributed by atoms with Crippen molar-refractivity contribution in [3.63, 3.8) is 0 Å². The molecule has 198 valence electrons. The molecular formula is C26H31F3N6O2. The molecule has 1 N–H and O–H groups in total. The van der Waals surface area contributed by atoms with E-state index in [1.807, 2.05) is 20.8 Å². The zero-order chi connectivity index (χ0) is 26.4. The maximum absolute atomic E-state index is 13.6. The second-order valence-electron chi connectivity index (χ2n) is 10.1. The molecule has 2 fully saturated rings. The van der Waals surface area contributed by atoms with E-state index in [4.69, 9.17) is 14.7 Å². The van der Waals surface area contributed by atoms with E-state index in [0.29, 0.717) is 54.4 Å². The number of fused-ring (bicyclic) bond motifs is 1. The van der Waals surface area contributed by atoms with E-state index in [-0.39, 0.29) is 43.3 Å². The van der Waals surface area contributed by atoms with E-state index in [9.17, 15) is 18.0 Å². The number of nitrogens with zero attached hydrogens (tertiary/aromatic N) is 5. The van der Waals surface area contributed by atoms with Crippen molar-refractivity contribution < 1.29 is 17.9 Å². The quantitative estimate of drug-likeness (QED) is 0.488. The molecular weight excluding hydrogens is 485 g/mol. The Morgan fingerprint density at radius 2 is 1.89 bits per heavy atom. The van der Waals surface area contributed by atoms with Gasteiger partial charge in [-0.3, -0.25) is 4.79 Å². The summed E-state index contributed by atoms with van der Waals surface area (Å²) in [5.74, 6) is 0.493. The Kier molecular flexibility index (Phi) is 6.68. The van der Waals surface area contributed by atoms with Gasteiger partial charge in [0, 0.05) is 31.3 Å². The fourth-order valence-electron chi connectivity index (χ4n) is 4.98. The van der Waals surface area contributed by atoms with Crippen molar-refractivity contribution in [3.8, 4) is 0 Å². The first-order valence-electron chi connectivity index (χ1n) is 12.8. The van der Waals surface area contributed by atoms with Crippen LogP contribution in [0.5, 0.6) is 0 Å². The third-order valence-corrected chi connectivity index (χ3v) is 7.61. The molecule has 0 bridgehead atoms. The summed E-state index contributed by atoms with van der Waals surface area (Å²) < 4.78 is 48.3. The number of nitrogens with one attached hydrogen (secondary N) is 1. The van der Waals surface area contributed by atoms with E-state index in [0.717, 1.165) is 11.3 Å². The van der Waals surface area contributed by atoms with Crippen LogP contribution in [0, 0.1) is 19.3 Å². The Morgan fingerprint density at radius 3 is 2.59 bits per heavy atom. The number of hydrogen-bond acceptors (Lipinski definition) is 7. The number of rotatable bonds is 7. The van der Waals surface area contributed by atoms with Gasteiger partial charge in [-0.15, -0.1) is 0 Å². The maximum Gasteiger partial charge on any atom is 0.394 e. The fraction of sp³-hybridized carbons (Fsp3) is 0.577. The van der Waals surface area contributed by atoms with Gasteiger partial charge in [-0.1, -0.05) is 0 Å². The number of pyridine rings is 1. The van der Waals surface area contributed by atoms with Gasteiger partial charge >= 0.3 is 6.18 Å². The van der Waals surface area contributed by atoms with Gasteiger partial charge in [-0.05, 0) is 70.9 Å². The molecule has 1 saturated carbocycles. The number of aromatic nitrogens is 5. The van der Waals surface area contributed by atoms with Crippen molar-refractivity contribution >= 4 is 11.2 Å². The molecule has 4 heterocycles. The lowest BCUT2D eigenvalue weighted by Crippen LogP contribution is -2.29. The minimum Gasteiger partial charge on any atom is -0.373 e. The van der Waals surface area contributed by atoms with Crippen LogP contribution in [-0.4, -0.2) is 43.9 Å². The molecule has 3 aromatic rings. The van der Waals surface area contributed by atoms with Gasteiger partial charge in [0.2, 0.25) is 0 Å². The summed E-state index contributed by atoms with van der Waals surface area (Å²) in [6.07, 6.45) is -0.998. The molecule has 8 nitrogen and oxygen atoms in total. The van der Waals surface area contributed by atoms with Gasteiger partial charge < -0.3 is 10.2 Å². The van der Waals surface area contributed by atoms with E-state index in [2.05, 4.69) is 15.4 Å². The van der Waals surface area contributed by atoms with E-state index in [1.54, 1.807) is 12.3 Å². The monoisotopic (exact) mass is 516 g/mol. The van der Waals surface area contributed by atoms with Gasteiger partial charge in [-0.2, -0.15) is 13.2 Å². The van der Waals surface area contributed by atoms with Crippen LogP contribution in [0.25, 0.3) is 11.2 Å². The first-order chi connectivity index (χ1) is 17.6. The second-order valence-corrected chi connectivity index (χ2v) is 10.1. The summed E-state index contributed by atoms with van der Waals surface area (Å²) in [6.45, 7) is 6.65. The van der Waals surface area contributed by atoms with Crippen LogP contribution in [0.3, 0.4) is 0 Å². The molecule has 0 aromatic carbocycles. The molecule has 2 aliphatic rings. The zero-order valence-corrected chi connectivity index (χ0v) is 21.2. The first-order valence-corrected chi connectivity index (χ1v) is 12.8. The molecule has 1 saturated heterocycles. The number of ether oxygens (including phenoxy) is 1. The Morgan fingerprint density at radius 1 is 1.14 bits per heavy atom. The lowest BCUT2D eigenvalue weighted by atomic mass is 9.91. The number of hydrogen-bond donors (Lipinski definition) is 1. The third kappa shape index (κ3) is 5.05. The van der Waals surface area contributed by atoms with E-state index >= 15 is 0 Å². The van der Waals surface area contributed by atoms with Crippen molar-refractivity contribution in [2.75, 3.05) is 18.6 Å². The molecule has 37 heavy (non-hydrogen) atoms. The van der Waals surface area contributed by atoms with Gasteiger partial charge in [0.25, 0.3) is 5.56 Å². The molecule has 0 spiro atoms. The lowest BCUT2D eigenvalue weighted by Gasteiger charge is -2.29. The molecule has 0 amide bonds. The highest BCUT2D eigenvalue weighted by atomic mass is 19.4. The molecule has 3 aromatic heterocycles. The van der Waals surface area contributed by atoms with Crippen LogP contribution in [0.1, 0.15) is 79.5 Å². The Balaban J connectivity index is 1.46. The predicted molar refractivity (Wildman–Crippen MR) is 132 cm³/mol. The second kappa shape index (κ2) is 9.66. The topological polar surface area (TPSA) is 94.8 Å². The summed E-state index contributed by atoms with van der Waals surface area (Å²) in [5, 5.41) is 0. The normalized spacial score (nSPS) is 21.2. The summed E-state index contributed by atoms with van der Waals surface area (Å²) in [6, 6.07) is 3.27. The van der Waals surface area contributed by atoms with Crippen molar-refractivity contribution in [1.82, 2.24) is 24.6 Å². The first kappa shape index (κ1) is 25.6. The van der Waals surface area contributed by atoms with Crippen LogP contribution < -0.4 is 11.0 Å². The third-order valence-electron chi connectivity index (χ3n) is 7.61. The average molecular weight is 517 g/mol. The van der Waals surface area contributed by atoms with Gasteiger partial charge in [0.15, 0.2) is 5.65 Å². The van der Waals surface area contributed by atoms with Crippen LogP contribution >= 0.6 is 0 Å². The van der Waals surface area contributed by atoms with Gasteiger partial charge in [0.1, 0.15) is 11.3 Å². The number of halogens is 3. The van der Waals surface area contributed by atoms with Crippen molar-refractivity contribution in [2.45, 2.75) is 77.5 Å². The largest absolute Gasteiger partial charge is 0.394 e. The minimum atomic E-state index is -4.21. The molecule has 2 atom stereocenters. The molecule has 1 aliphatic heterocycles. The smallest absolute Gasteiger partial charge is 0.373 e. The standard InChI is InChI=1S/C26H31F3N6O2/c1-4-30-35-14-18(5-6-21(35)36)20-13-17(8-12-37-20)23-33-19(7-9-25(10-11-25)26(27,28)29)22-24(34-23)32-16(3)15(2)31-22/h5-6,14,17,20,30H,4,7-13H2,1-3H3. The van der Waals surface area contributed by atoms with Crippen LogP contribution in [0.2, 0.25) is 0 Å². The average Bonchev–Trinajstić information content (AvgIpc) is 3.66. The SMILES string of the molecule is CCNn1cc(C2CC(c3nc(CCC4(C(F)(F)F)CC4)c4nc(C)c(C)nc4n3)CCO2)ccc1=O. The highest BCUT2D eigenvalue weighted by Gasteiger charge is 2.62. The Hall–Kier alpha value is -3.08. The Bertz CT molecular complexity index is 1370. The summed E-state index contributed by atoms with van der Waals surface area (Å²) in [4.78, 5) is 30.8. The van der Waals surface area contributed by atoms with Gasteiger partial charge in [0.05, 0.1) is 28.6 Å². The number of alkyl halides is 3. The zero-order valence-electron chi connectivity index (χ0n) is 21.2. The molecule has 5 rings (SSSR count). The fourth-order valence-corrected chi connectivity index (χ4v) is 4.98. The maximum atomic E-state index is 13.6. The van der Waals surface area contributed by atoms with Crippen LogP contribution in [0.4, 0.5) is 13.2 Å². The molecule has 11 heteroatoms. The molecule has 2 unspecified atom stereocenters. The van der Waals surface area contributed by atoms with E-state index < -0.39 is 11.6 Å². The molecule has 1 aliphatic carbocycles. The minimum absolute atomic E-state index is 0.0148. The Labute approximate surface area is 212 Å². The molecule has 0 radical (unpaired) electrons. The summed E-state index contributed by atoms with van der Waals surface area (Å²) in [7, 11) is 0. The van der Waals surface area contributed by atoms with Crippen LogP contribution in [0.15, 0.2) is 23.1 Å². The van der Waals surface area contributed by atoms with Crippen LogP contribution in [-0.2, 0) is 11.2 Å².